The Morgan fingerprint density at radius 2 is 2.25 bits per heavy atom. The van der Waals surface area contributed by atoms with E-state index in [-0.39, 0.29) is 6.04 Å². The number of hydrogen-bond acceptors (Lipinski definition) is 5. The van der Waals surface area contributed by atoms with Gasteiger partial charge in [-0.05, 0) is 30.9 Å². The summed E-state index contributed by atoms with van der Waals surface area (Å²) in [5.41, 5.74) is 5.26. The van der Waals surface area contributed by atoms with Gasteiger partial charge in [-0.15, -0.1) is 22.7 Å². The normalized spacial score (nSPS) is 12.9. The van der Waals surface area contributed by atoms with E-state index in [0.717, 1.165) is 17.1 Å². The molecular weight excluding hydrogens is 238 g/mol. The number of aryl methyl sites for hydroxylation is 2. The second kappa shape index (κ2) is 5.05. The summed E-state index contributed by atoms with van der Waals surface area (Å²) in [6.07, 6.45) is 0.857. The lowest BCUT2D eigenvalue weighted by Gasteiger charge is -2.13. The van der Waals surface area contributed by atoms with Crippen molar-refractivity contribution in [2.45, 2.75) is 26.3 Å². The van der Waals surface area contributed by atoms with E-state index in [1.807, 2.05) is 6.92 Å². The molecule has 0 aliphatic rings. The van der Waals surface area contributed by atoms with Gasteiger partial charge >= 0.3 is 0 Å². The Bertz CT molecular complexity index is 461. The predicted molar refractivity (Wildman–Crippen MR) is 69.7 cm³/mol. The molecule has 3 N–H and O–H groups in total. The van der Waals surface area contributed by atoms with Crippen molar-refractivity contribution < 1.29 is 0 Å². The molecule has 5 heteroatoms. The molecule has 0 bridgehead atoms. The second-order valence-corrected chi connectivity index (χ2v) is 5.66. The summed E-state index contributed by atoms with van der Waals surface area (Å²) in [7, 11) is 0. The van der Waals surface area contributed by atoms with Crippen molar-refractivity contribution in [3.05, 3.63) is 38.0 Å². The monoisotopic (exact) mass is 253 g/mol. The summed E-state index contributed by atoms with van der Waals surface area (Å²) in [6.45, 7) is 4.13. The molecule has 3 nitrogen and oxygen atoms in total. The fraction of sp³-hybridized carbons (Fsp3) is 0.364. The number of thiazole rings is 1. The van der Waals surface area contributed by atoms with E-state index in [4.69, 9.17) is 5.84 Å². The molecule has 1 unspecified atom stereocenters. The third-order valence-electron chi connectivity index (χ3n) is 2.46. The first-order valence-corrected chi connectivity index (χ1v) is 6.87. The maximum absolute atomic E-state index is 5.62. The van der Waals surface area contributed by atoms with E-state index >= 15 is 0 Å². The van der Waals surface area contributed by atoms with Crippen LogP contribution in [-0.4, -0.2) is 4.98 Å². The minimum atomic E-state index is 0.172. The molecule has 0 radical (unpaired) electrons. The summed E-state index contributed by atoms with van der Waals surface area (Å²) in [5, 5.41) is 5.31. The van der Waals surface area contributed by atoms with E-state index < -0.39 is 0 Å². The first kappa shape index (κ1) is 11.7. The topological polar surface area (TPSA) is 50.9 Å². The lowest BCUT2D eigenvalue weighted by molar-refractivity contribution is 0.557. The smallest absolute Gasteiger partial charge is 0.0947 e. The molecule has 0 aromatic carbocycles. The van der Waals surface area contributed by atoms with Gasteiger partial charge in [0.25, 0.3) is 0 Å². The van der Waals surface area contributed by atoms with Crippen LogP contribution in [0.3, 0.4) is 0 Å². The van der Waals surface area contributed by atoms with E-state index in [1.165, 1.54) is 10.4 Å². The Balaban J connectivity index is 2.15. The largest absolute Gasteiger partial charge is 0.271 e. The fourth-order valence-electron chi connectivity index (χ4n) is 1.64. The molecule has 0 spiro atoms. The minimum Gasteiger partial charge on any atom is -0.271 e. The first-order valence-electron chi connectivity index (χ1n) is 5.12. The van der Waals surface area contributed by atoms with Gasteiger partial charge in [0, 0.05) is 22.4 Å². The van der Waals surface area contributed by atoms with Crippen LogP contribution in [0.4, 0.5) is 0 Å². The van der Waals surface area contributed by atoms with Crippen LogP contribution in [0.5, 0.6) is 0 Å². The third-order valence-corrected chi connectivity index (χ3v) is 4.59. The highest BCUT2D eigenvalue weighted by molar-refractivity contribution is 7.10. The van der Waals surface area contributed by atoms with Crippen LogP contribution >= 0.6 is 22.7 Å². The number of nitrogens with zero attached hydrogens (tertiary/aromatic N) is 1. The number of aromatic nitrogens is 1. The van der Waals surface area contributed by atoms with Crippen LogP contribution in [0.2, 0.25) is 0 Å². The Kier molecular flexibility index (Phi) is 3.70. The molecule has 0 saturated heterocycles. The number of hydrogen-bond donors (Lipinski definition) is 2. The summed E-state index contributed by atoms with van der Waals surface area (Å²) in [4.78, 5) is 5.77. The van der Waals surface area contributed by atoms with Crippen LogP contribution in [0, 0.1) is 13.8 Å². The van der Waals surface area contributed by atoms with Crippen molar-refractivity contribution in [3.63, 3.8) is 0 Å². The van der Waals surface area contributed by atoms with Gasteiger partial charge < -0.3 is 0 Å². The van der Waals surface area contributed by atoms with Crippen molar-refractivity contribution >= 4 is 22.7 Å². The summed E-state index contributed by atoms with van der Waals surface area (Å²) >= 11 is 3.44. The Hall–Kier alpha value is -0.750. The van der Waals surface area contributed by atoms with Crippen molar-refractivity contribution in [3.8, 4) is 0 Å². The molecule has 2 aromatic heterocycles. The van der Waals surface area contributed by atoms with Gasteiger partial charge in [-0.2, -0.15) is 0 Å². The van der Waals surface area contributed by atoms with E-state index in [0.29, 0.717) is 0 Å². The van der Waals surface area contributed by atoms with Crippen LogP contribution in [0.15, 0.2) is 16.8 Å². The van der Waals surface area contributed by atoms with Gasteiger partial charge in [0.1, 0.15) is 0 Å². The number of nitrogens with one attached hydrogen (secondary N) is 1. The Labute approximate surface area is 103 Å². The van der Waals surface area contributed by atoms with E-state index in [9.17, 15) is 0 Å². The molecular formula is C11H15N3S2. The summed E-state index contributed by atoms with van der Waals surface area (Å²) in [5.74, 6) is 5.62. The van der Waals surface area contributed by atoms with Gasteiger partial charge in [0.15, 0.2) is 0 Å². The van der Waals surface area contributed by atoms with Crippen molar-refractivity contribution in [2.24, 2.45) is 5.84 Å². The van der Waals surface area contributed by atoms with Crippen LogP contribution in [-0.2, 0) is 6.42 Å². The molecule has 0 aliphatic heterocycles. The maximum Gasteiger partial charge on any atom is 0.0947 e. The molecule has 2 aromatic rings. The molecule has 0 amide bonds. The van der Waals surface area contributed by atoms with Crippen molar-refractivity contribution in [2.75, 3.05) is 0 Å². The number of thiophene rings is 1. The zero-order chi connectivity index (χ0) is 11.5. The third kappa shape index (κ3) is 2.49. The number of nitrogens with two attached hydrogens (primary N) is 1. The van der Waals surface area contributed by atoms with Gasteiger partial charge in [-0.1, -0.05) is 0 Å². The Morgan fingerprint density at radius 1 is 1.44 bits per heavy atom. The lowest BCUT2D eigenvalue weighted by atomic mass is 10.1. The molecule has 1 atom stereocenters. The average molecular weight is 253 g/mol. The van der Waals surface area contributed by atoms with Crippen LogP contribution < -0.4 is 11.3 Å². The van der Waals surface area contributed by atoms with Crippen molar-refractivity contribution in [1.82, 2.24) is 10.4 Å². The molecule has 2 rings (SSSR count). The fourth-order valence-corrected chi connectivity index (χ4v) is 3.45. The van der Waals surface area contributed by atoms with Crippen molar-refractivity contribution in [1.29, 1.82) is 0 Å². The molecule has 2 heterocycles. The van der Waals surface area contributed by atoms with Crippen LogP contribution in [0.1, 0.15) is 27.2 Å². The van der Waals surface area contributed by atoms with E-state index in [2.05, 4.69) is 34.2 Å². The Morgan fingerprint density at radius 3 is 2.75 bits per heavy atom. The quantitative estimate of drug-likeness (QED) is 0.650. The van der Waals surface area contributed by atoms with Gasteiger partial charge in [-0.3, -0.25) is 11.3 Å². The predicted octanol–water partition coefficient (Wildman–Crippen LogP) is 2.57. The SMILES string of the molecule is Cc1csc(CC(NN)c2sccc2C)n1. The van der Waals surface area contributed by atoms with Gasteiger partial charge in [0.05, 0.1) is 11.0 Å². The molecule has 16 heavy (non-hydrogen) atoms. The standard InChI is InChI=1S/C11H15N3S2/c1-7-3-4-15-11(7)9(14-12)5-10-13-8(2)6-16-10/h3-4,6,9,14H,5,12H2,1-2H3. The number of hydrazine groups is 1. The van der Waals surface area contributed by atoms with Gasteiger partial charge in [0.2, 0.25) is 0 Å². The minimum absolute atomic E-state index is 0.172. The number of rotatable bonds is 4. The van der Waals surface area contributed by atoms with Crippen LogP contribution in [0.25, 0.3) is 0 Å². The maximum atomic E-state index is 5.62. The van der Waals surface area contributed by atoms with E-state index in [1.54, 1.807) is 22.7 Å². The highest BCUT2D eigenvalue weighted by atomic mass is 32.1. The zero-order valence-corrected chi connectivity index (χ0v) is 11.0. The molecule has 86 valence electrons. The molecule has 0 saturated carbocycles. The highest BCUT2D eigenvalue weighted by Crippen LogP contribution is 2.27. The summed E-state index contributed by atoms with van der Waals surface area (Å²) in [6, 6.07) is 2.29. The average Bonchev–Trinajstić information content (AvgIpc) is 2.84. The lowest BCUT2D eigenvalue weighted by Crippen LogP contribution is -2.29. The summed E-state index contributed by atoms with van der Waals surface area (Å²) < 4.78 is 0. The second-order valence-electron chi connectivity index (χ2n) is 3.77. The molecule has 0 aliphatic carbocycles. The zero-order valence-electron chi connectivity index (χ0n) is 9.36. The molecule has 0 fully saturated rings. The van der Waals surface area contributed by atoms with Gasteiger partial charge in [-0.25, -0.2) is 4.98 Å². The first-order chi connectivity index (χ1) is 7.70. The highest BCUT2D eigenvalue weighted by Gasteiger charge is 2.15.